The van der Waals surface area contributed by atoms with E-state index in [-0.39, 0.29) is 0 Å². The second-order valence-electron chi connectivity index (χ2n) is 6.64. The number of benzene rings is 1. The van der Waals surface area contributed by atoms with E-state index in [4.69, 9.17) is 0 Å². The van der Waals surface area contributed by atoms with E-state index < -0.39 is 0 Å². The Labute approximate surface area is 138 Å². The Morgan fingerprint density at radius 3 is 2.62 bits per heavy atom. The van der Waals surface area contributed by atoms with Crippen molar-refractivity contribution >= 4 is 21.6 Å². The summed E-state index contributed by atoms with van der Waals surface area (Å²) in [7, 11) is 0. The van der Waals surface area contributed by atoms with Crippen molar-refractivity contribution in [3.8, 4) is 0 Å². The third kappa shape index (κ3) is 5.00. The Kier molecular flexibility index (Phi) is 6.56. The van der Waals surface area contributed by atoms with Crippen molar-refractivity contribution in [3.63, 3.8) is 0 Å². The first-order valence-corrected chi connectivity index (χ1v) is 9.13. The number of nitrogens with one attached hydrogen (secondary N) is 1. The summed E-state index contributed by atoms with van der Waals surface area (Å²) in [5.41, 5.74) is 2.70. The third-order valence-electron chi connectivity index (χ3n) is 4.35. The summed E-state index contributed by atoms with van der Waals surface area (Å²) in [5.74, 6) is 1.61. The lowest BCUT2D eigenvalue weighted by molar-refractivity contribution is 0.318. The highest BCUT2D eigenvalue weighted by Crippen LogP contribution is 2.30. The maximum Gasteiger partial charge on any atom is 0.0377 e. The first-order chi connectivity index (χ1) is 10.1. The molecule has 1 N–H and O–H groups in total. The molecule has 0 spiro atoms. The smallest absolute Gasteiger partial charge is 0.0377 e. The molecule has 2 rings (SSSR count). The summed E-state index contributed by atoms with van der Waals surface area (Å²) < 4.78 is 1.23. The van der Waals surface area contributed by atoms with Gasteiger partial charge in [0, 0.05) is 29.8 Å². The molecule has 0 amide bonds. The van der Waals surface area contributed by atoms with Crippen LogP contribution in [0.4, 0.5) is 5.69 Å². The van der Waals surface area contributed by atoms with E-state index in [1.54, 1.807) is 0 Å². The molecule has 0 bridgehead atoms. The molecule has 0 radical (unpaired) electrons. The van der Waals surface area contributed by atoms with Crippen LogP contribution in [0, 0.1) is 11.8 Å². The van der Waals surface area contributed by atoms with Gasteiger partial charge in [0.1, 0.15) is 0 Å². The SMILES string of the molecule is CCN(CC1CCC1)c1ccc(CNCC(C)C)c(Br)c1. The molecule has 1 saturated carbocycles. The molecule has 1 aliphatic carbocycles. The Bertz CT molecular complexity index is 441. The first kappa shape index (κ1) is 16.8. The fraction of sp³-hybridized carbons (Fsp3) is 0.667. The Hall–Kier alpha value is -0.540. The van der Waals surface area contributed by atoms with Crippen molar-refractivity contribution in [1.82, 2.24) is 5.32 Å². The zero-order valence-electron chi connectivity index (χ0n) is 13.7. The molecule has 0 saturated heterocycles. The van der Waals surface area contributed by atoms with Gasteiger partial charge in [-0.15, -0.1) is 0 Å². The van der Waals surface area contributed by atoms with E-state index in [0.717, 1.165) is 25.6 Å². The molecule has 2 nitrogen and oxygen atoms in total. The molecule has 1 aliphatic rings. The highest BCUT2D eigenvalue weighted by molar-refractivity contribution is 9.10. The molecule has 1 fully saturated rings. The van der Waals surface area contributed by atoms with Gasteiger partial charge >= 0.3 is 0 Å². The molecular weight excluding hydrogens is 324 g/mol. The van der Waals surface area contributed by atoms with E-state index in [1.165, 1.54) is 41.5 Å². The van der Waals surface area contributed by atoms with Crippen LogP contribution >= 0.6 is 15.9 Å². The molecule has 0 heterocycles. The summed E-state index contributed by atoms with van der Waals surface area (Å²) in [4.78, 5) is 2.51. The highest BCUT2D eigenvalue weighted by atomic mass is 79.9. The highest BCUT2D eigenvalue weighted by Gasteiger charge is 2.20. The monoisotopic (exact) mass is 352 g/mol. The average Bonchev–Trinajstić information content (AvgIpc) is 2.39. The van der Waals surface area contributed by atoms with Gasteiger partial charge in [-0.2, -0.15) is 0 Å². The zero-order valence-corrected chi connectivity index (χ0v) is 15.2. The number of hydrogen-bond acceptors (Lipinski definition) is 2. The molecule has 0 aromatic heterocycles. The van der Waals surface area contributed by atoms with Crippen LogP contribution in [-0.4, -0.2) is 19.6 Å². The topological polar surface area (TPSA) is 15.3 Å². The van der Waals surface area contributed by atoms with Crippen molar-refractivity contribution in [3.05, 3.63) is 28.2 Å². The average molecular weight is 353 g/mol. The predicted octanol–water partition coefficient (Wildman–Crippen LogP) is 4.82. The van der Waals surface area contributed by atoms with E-state index >= 15 is 0 Å². The van der Waals surface area contributed by atoms with Gasteiger partial charge in [0.25, 0.3) is 0 Å². The molecular formula is C18H29BrN2. The zero-order chi connectivity index (χ0) is 15.2. The predicted molar refractivity (Wildman–Crippen MR) is 95.9 cm³/mol. The van der Waals surface area contributed by atoms with E-state index in [0.29, 0.717) is 5.92 Å². The lowest BCUT2D eigenvalue weighted by Gasteiger charge is -2.33. The lowest BCUT2D eigenvalue weighted by atomic mass is 9.85. The largest absolute Gasteiger partial charge is 0.372 e. The van der Waals surface area contributed by atoms with Crippen LogP contribution in [0.2, 0.25) is 0 Å². The van der Waals surface area contributed by atoms with Crippen LogP contribution in [0.3, 0.4) is 0 Å². The standard InChI is InChI=1S/C18H29BrN2/c1-4-21(13-15-6-5-7-15)17-9-8-16(18(19)10-17)12-20-11-14(2)3/h8-10,14-15,20H,4-7,11-13H2,1-3H3. The quantitative estimate of drug-likeness (QED) is 0.721. The second kappa shape index (κ2) is 8.19. The molecule has 21 heavy (non-hydrogen) atoms. The van der Waals surface area contributed by atoms with Crippen LogP contribution in [0.5, 0.6) is 0 Å². The van der Waals surface area contributed by atoms with E-state index in [2.05, 4.69) is 65.1 Å². The van der Waals surface area contributed by atoms with Crippen molar-refractivity contribution in [2.45, 2.75) is 46.6 Å². The fourth-order valence-electron chi connectivity index (χ4n) is 2.78. The van der Waals surface area contributed by atoms with Crippen molar-refractivity contribution in [2.75, 3.05) is 24.5 Å². The Morgan fingerprint density at radius 1 is 1.33 bits per heavy atom. The number of hydrogen-bond donors (Lipinski definition) is 1. The van der Waals surface area contributed by atoms with Crippen LogP contribution in [0.15, 0.2) is 22.7 Å². The fourth-order valence-corrected chi connectivity index (χ4v) is 3.28. The maximum atomic E-state index is 3.74. The molecule has 118 valence electrons. The van der Waals surface area contributed by atoms with Crippen LogP contribution in [-0.2, 0) is 6.54 Å². The van der Waals surface area contributed by atoms with Gasteiger partial charge < -0.3 is 10.2 Å². The summed E-state index contributed by atoms with van der Waals surface area (Å²) in [5, 5.41) is 3.51. The van der Waals surface area contributed by atoms with E-state index in [9.17, 15) is 0 Å². The summed E-state index contributed by atoms with van der Waals surface area (Å²) in [6.45, 7) is 11.0. The number of nitrogens with zero attached hydrogens (tertiary/aromatic N) is 1. The second-order valence-corrected chi connectivity index (χ2v) is 7.49. The molecule has 3 heteroatoms. The Balaban J connectivity index is 1.95. The minimum Gasteiger partial charge on any atom is -0.372 e. The third-order valence-corrected chi connectivity index (χ3v) is 5.09. The summed E-state index contributed by atoms with van der Waals surface area (Å²) in [6.07, 6.45) is 4.25. The Morgan fingerprint density at radius 2 is 2.10 bits per heavy atom. The van der Waals surface area contributed by atoms with Crippen LogP contribution in [0.25, 0.3) is 0 Å². The van der Waals surface area contributed by atoms with Gasteiger partial charge in [-0.1, -0.05) is 42.3 Å². The van der Waals surface area contributed by atoms with Crippen molar-refractivity contribution < 1.29 is 0 Å². The van der Waals surface area contributed by atoms with Gasteiger partial charge in [0.2, 0.25) is 0 Å². The van der Waals surface area contributed by atoms with Gasteiger partial charge in [0.05, 0.1) is 0 Å². The number of rotatable bonds is 8. The molecule has 1 aromatic rings. The van der Waals surface area contributed by atoms with Crippen LogP contribution < -0.4 is 10.2 Å². The summed E-state index contributed by atoms with van der Waals surface area (Å²) in [6, 6.07) is 6.82. The van der Waals surface area contributed by atoms with E-state index in [1.807, 2.05) is 0 Å². The van der Waals surface area contributed by atoms with Gasteiger partial charge in [-0.25, -0.2) is 0 Å². The molecule has 0 atom stereocenters. The number of anilines is 1. The van der Waals surface area contributed by atoms with Gasteiger partial charge in [-0.3, -0.25) is 0 Å². The maximum absolute atomic E-state index is 3.74. The van der Waals surface area contributed by atoms with Crippen LogP contribution in [0.1, 0.15) is 45.6 Å². The van der Waals surface area contributed by atoms with Gasteiger partial charge in [-0.05, 0) is 55.8 Å². The molecule has 1 aromatic carbocycles. The molecule has 0 unspecified atom stereocenters. The minimum absolute atomic E-state index is 0.695. The lowest BCUT2D eigenvalue weighted by Crippen LogP contribution is -2.32. The summed E-state index contributed by atoms with van der Waals surface area (Å²) >= 11 is 3.74. The first-order valence-electron chi connectivity index (χ1n) is 8.34. The van der Waals surface area contributed by atoms with Crippen molar-refractivity contribution in [2.24, 2.45) is 11.8 Å². The normalized spacial score (nSPS) is 15.3. The minimum atomic E-state index is 0.695. The van der Waals surface area contributed by atoms with Crippen molar-refractivity contribution in [1.29, 1.82) is 0 Å². The number of halogens is 1. The van der Waals surface area contributed by atoms with Gasteiger partial charge in [0.15, 0.2) is 0 Å². The molecule has 0 aliphatic heterocycles.